The van der Waals surface area contributed by atoms with Gasteiger partial charge in [0.25, 0.3) is 0 Å². The molecule has 17 heavy (non-hydrogen) atoms. The van der Waals surface area contributed by atoms with Crippen LogP contribution in [0.25, 0.3) is 0 Å². The zero-order valence-corrected chi connectivity index (χ0v) is 9.66. The lowest BCUT2D eigenvalue weighted by molar-refractivity contribution is 0.000797. The molecule has 0 radical (unpaired) electrons. The quantitative estimate of drug-likeness (QED) is 0.846. The summed E-state index contributed by atoms with van der Waals surface area (Å²) in [5.41, 5.74) is -0.354. The molecule has 0 unspecified atom stereocenters. The Bertz CT molecular complexity index is 386. The molecule has 1 aromatic carbocycles. The number of halogens is 1. The van der Waals surface area contributed by atoms with Crippen molar-refractivity contribution in [2.24, 2.45) is 0 Å². The number of hydrogen-bond acceptors (Lipinski definition) is 3. The molecule has 0 atom stereocenters. The normalized spacial score (nSPS) is 18.3. The van der Waals surface area contributed by atoms with Crippen LogP contribution in [0.5, 0.6) is 5.75 Å². The molecule has 4 heteroatoms. The maximum atomic E-state index is 12.9. The van der Waals surface area contributed by atoms with Gasteiger partial charge in [-0.25, -0.2) is 4.39 Å². The van der Waals surface area contributed by atoms with Crippen LogP contribution in [-0.2, 0) is 6.61 Å². The Morgan fingerprint density at radius 2 is 2.00 bits per heavy atom. The van der Waals surface area contributed by atoms with E-state index in [2.05, 4.69) is 0 Å². The molecule has 3 nitrogen and oxygen atoms in total. The molecule has 2 rings (SSSR count). The Balaban J connectivity index is 2.03. The van der Waals surface area contributed by atoms with Crippen molar-refractivity contribution in [3.8, 4) is 5.75 Å². The molecule has 0 aliphatic heterocycles. The van der Waals surface area contributed by atoms with Gasteiger partial charge < -0.3 is 14.9 Å². The van der Waals surface area contributed by atoms with Crippen LogP contribution in [0, 0.1) is 5.82 Å². The van der Waals surface area contributed by atoms with Gasteiger partial charge in [-0.05, 0) is 31.0 Å². The van der Waals surface area contributed by atoms with Gasteiger partial charge in [-0.15, -0.1) is 0 Å². The molecule has 0 bridgehead atoms. The highest BCUT2D eigenvalue weighted by Gasteiger charge is 2.32. The smallest absolute Gasteiger partial charge is 0.125 e. The van der Waals surface area contributed by atoms with Crippen LogP contribution in [0.2, 0.25) is 0 Å². The van der Waals surface area contributed by atoms with Crippen LogP contribution in [0.4, 0.5) is 4.39 Å². The summed E-state index contributed by atoms with van der Waals surface area (Å²) in [7, 11) is 0. The Hall–Kier alpha value is -1.13. The summed E-state index contributed by atoms with van der Waals surface area (Å²) >= 11 is 0. The van der Waals surface area contributed by atoms with Gasteiger partial charge in [0.1, 0.15) is 18.2 Å². The average Bonchev–Trinajstić information content (AvgIpc) is 2.75. The fourth-order valence-electron chi connectivity index (χ4n) is 2.20. The van der Waals surface area contributed by atoms with E-state index in [0.29, 0.717) is 11.3 Å². The molecule has 94 valence electrons. The van der Waals surface area contributed by atoms with Crippen LogP contribution in [0.1, 0.15) is 31.2 Å². The molecule has 0 heterocycles. The second-order valence-corrected chi connectivity index (χ2v) is 4.63. The van der Waals surface area contributed by atoms with Crippen molar-refractivity contribution < 1.29 is 19.3 Å². The zero-order valence-electron chi connectivity index (χ0n) is 9.66. The van der Waals surface area contributed by atoms with Gasteiger partial charge in [-0.1, -0.05) is 12.8 Å². The van der Waals surface area contributed by atoms with E-state index in [9.17, 15) is 9.50 Å². The fourth-order valence-corrected chi connectivity index (χ4v) is 2.20. The molecule has 1 saturated carbocycles. The highest BCUT2D eigenvalue weighted by atomic mass is 19.1. The van der Waals surface area contributed by atoms with Crippen molar-refractivity contribution in [1.82, 2.24) is 0 Å². The fraction of sp³-hybridized carbons (Fsp3) is 0.538. The first kappa shape index (κ1) is 12.3. The van der Waals surface area contributed by atoms with Crippen molar-refractivity contribution in [2.75, 3.05) is 6.61 Å². The van der Waals surface area contributed by atoms with Gasteiger partial charge in [0.05, 0.1) is 12.2 Å². The van der Waals surface area contributed by atoms with Crippen LogP contribution >= 0.6 is 0 Å². The number of ether oxygens (including phenoxy) is 1. The number of aliphatic hydroxyl groups is 2. The Labute approximate surface area is 99.8 Å². The molecular formula is C13H17FO3. The Morgan fingerprint density at radius 3 is 2.65 bits per heavy atom. The summed E-state index contributed by atoms with van der Waals surface area (Å²) in [6, 6.07) is 4.01. The number of rotatable bonds is 4. The third-order valence-corrected chi connectivity index (χ3v) is 3.22. The SMILES string of the molecule is OCc1cc(F)ccc1OCC1(O)CCCC1. The van der Waals surface area contributed by atoms with E-state index < -0.39 is 11.4 Å². The lowest BCUT2D eigenvalue weighted by Crippen LogP contribution is -2.32. The van der Waals surface area contributed by atoms with Crippen LogP contribution in [0.3, 0.4) is 0 Å². The van der Waals surface area contributed by atoms with Gasteiger partial charge >= 0.3 is 0 Å². The van der Waals surface area contributed by atoms with E-state index in [1.165, 1.54) is 18.2 Å². The topological polar surface area (TPSA) is 49.7 Å². The van der Waals surface area contributed by atoms with Crippen LogP contribution in [-0.4, -0.2) is 22.4 Å². The van der Waals surface area contributed by atoms with Crippen molar-refractivity contribution in [1.29, 1.82) is 0 Å². The van der Waals surface area contributed by atoms with E-state index in [-0.39, 0.29) is 13.2 Å². The highest BCUT2D eigenvalue weighted by Crippen LogP contribution is 2.30. The molecule has 0 spiro atoms. The van der Waals surface area contributed by atoms with Gasteiger partial charge in [-0.2, -0.15) is 0 Å². The summed E-state index contributed by atoms with van der Waals surface area (Å²) in [6.07, 6.45) is 3.50. The van der Waals surface area contributed by atoms with E-state index in [1.54, 1.807) is 0 Å². The number of hydrogen-bond donors (Lipinski definition) is 2. The average molecular weight is 240 g/mol. The first-order chi connectivity index (χ1) is 8.13. The predicted octanol–water partition coefficient (Wildman–Crippen LogP) is 2.00. The first-order valence-corrected chi connectivity index (χ1v) is 5.87. The monoisotopic (exact) mass is 240 g/mol. The third-order valence-electron chi connectivity index (χ3n) is 3.22. The van der Waals surface area contributed by atoms with Gasteiger partial charge in [0, 0.05) is 5.56 Å². The Morgan fingerprint density at radius 1 is 1.29 bits per heavy atom. The van der Waals surface area contributed by atoms with Gasteiger partial charge in [0.15, 0.2) is 0 Å². The Kier molecular flexibility index (Phi) is 3.64. The summed E-state index contributed by atoms with van der Waals surface area (Å²) < 4.78 is 18.4. The minimum absolute atomic E-state index is 0.200. The van der Waals surface area contributed by atoms with Crippen molar-refractivity contribution in [2.45, 2.75) is 37.9 Å². The molecule has 1 aliphatic rings. The minimum Gasteiger partial charge on any atom is -0.490 e. The number of benzene rings is 1. The largest absolute Gasteiger partial charge is 0.490 e. The molecular weight excluding hydrogens is 223 g/mol. The van der Waals surface area contributed by atoms with E-state index in [1.807, 2.05) is 0 Å². The molecule has 1 fully saturated rings. The van der Waals surface area contributed by atoms with Crippen LogP contribution < -0.4 is 4.74 Å². The minimum atomic E-state index is -0.763. The van der Waals surface area contributed by atoms with E-state index >= 15 is 0 Å². The van der Waals surface area contributed by atoms with E-state index in [4.69, 9.17) is 9.84 Å². The third kappa shape index (κ3) is 2.96. The second kappa shape index (κ2) is 5.02. The predicted molar refractivity (Wildman–Crippen MR) is 61.2 cm³/mol. The lowest BCUT2D eigenvalue weighted by atomic mass is 10.0. The molecule has 1 aliphatic carbocycles. The summed E-state index contributed by atoms with van der Waals surface area (Å²) in [5.74, 6) is 0.0372. The summed E-state index contributed by atoms with van der Waals surface area (Å²) in [5, 5.41) is 19.2. The van der Waals surface area contributed by atoms with E-state index in [0.717, 1.165) is 25.7 Å². The first-order valence-electron chi connectivity index (χ1n) is 5.87. The van der Waals surface area contributed by atoms with Crippen molar-refractivity contribution in [3.05, 3.63) is 29.6 Å². The molecule has 1 aromatic rings. The standard InChI is InChI=1S/C13H17FO3/c14-11-3-4-12(10(7-11)8-15)17-9-13(16)5-1-2-6-13/h3-4,7,15-16H,1-2,5-6,8-9H2. The maximum absolute atomic E-state index is 12.9. The molecule has 0 amide bonds. The molecule has 0 saturated heterocycles. The van der Waals surface area contributed by atoms with Gasteiger partial charge in [0.2, 0.25) is 0 Å². The van der Waals surface area contributed by atoms with Crippen molar-refractivity contribution in [3.63, 3.8) is 0 Å². The lowest BCUT2D eigenvalue weighted by Gasteiger charge is -2.23. The highest BCUT2D eigenvalue weighted by molar-refractivity contribution is 5.33. The summed E-state index contributed by atoms with van der Waals surface area (Å²) in [4.78, 5) is 0. The summed E-state index contributed by atoms with van der Waals surface area (Å²) in [6.45, 7) is -0.0723. The van der Waals surface area contributed by atoms with Gasteiger partial charge in [-0.3, -0.25) is 0 Å². The van der Waals surface area contributed by atoms with Crippen molar-refractivity contribution >= 4 is 0 Å². The number of aliphatic hydroxyl groups excluding tert-OH is 1. The van der Waals surface area contributed by atoms with Crippen LogP contribution in [0.15, 0.2) is 18.2 Å². The zero-order chi connectivity index (χ0) is 12.3. The second-order valence-electron chi connectivity index (χ2n) is 4.63. The molecule has 0 aromatic heterocycles. The molecule has 2 N–H and O–H groups in total. The maximum Gasteiger partial charge on any atom is 0.125 e.